The molecule has 9 heteroatoms. The van der Waals surface area contributed by atoms with Gasteiger partial charge in [-0.05, 0) is 18.2 Å². The molecule has 0 aliphatic heterocycles. The van der Waals surface area contributed by atoms with Crippen molar-refractivity contribution >= 4 is 20.2 Å². The summed E-state index contributed by atoms with van der Waals surface area (Å²) >= 11 is 0.00694. The van der Waals surface area contributed by atoms with Crippen molar-refractivity contribution in [2.24, 2.45) is 0 Å². The van der Waals surface area contributed by atoms with Gasteiger partial charge in [0.2, 0.25) is 6.29 Å². The molecule has 3 rings (SSSR count). The molecular formula is C34H58Cl2MnN6. The fourth-order valence-corrected chi connectivity index (χ4v) is 4.80. The van der Waals surface area contributed by atoms with Crippen molar-refractivity contribution < 1.29 is 13.1 Å². The molecule has 0 saturated carbocycles. The van der Waals surface area contributed by atoms with Gasteiger partial charge >= 0.3 is 33.3 Å². The number of aromatic nitrogens is 6. The van der Waals surface area contributed by atoms with Crippen molar-refractivity contribution in [1.82, 2.24) is 29.3 Å². The van der Waals surface area contributed by atoms with Crippen molar-refractivity contribution in [3.05, 3.63) is 52.4 Å². The minimum absolute atomic E-state index is 0.00694. The number of hydrogen-bond acceptors (Lipinski definition) is 3. The zero-order chi connectivity index (χ0) is 33.7. The van der Waals surface area contributed by atoms with Gasteiger partial charge < -0.3 is 0 Å². The Bertz CT molecular complexity index is 1200. The summed E-state index contributed by atoms with van der Waals surface area (Å²) in [7, 11) is 9.59. The number of nitrogens with zero attached hydrogens (tertiary/aromatic N) is 6. The van der Waals surface area contributed by atoms with Crippen LogP contribution in [0.15, 0.2) is 18.2 Å². The second kappa shape index (κ2) is 12.5. The molecule has 0 N–H and O–H groups in total. The molecule has 0 amide bonds. The minimum atomic E-state index is -0.402. The van der Waals surface area contributed by atoms with Crippen LogP contribution in [-0.4, -0.2) is 29.3 Å². The molecule has 0 saturated heterocycles. The predicted molar refractivity (Wildman–Crippen MR) is 180 cm³/mol. The van der Waals surface area contributed by atoms with E-state index in [4.69, 9.17) is 35.5 Å². The van der Waals surface area contributed by atoms with E-state index in [0.29, 0.717) is 0 Å². The van der Waals surface area contributed by atoms with Gasteiger partial charge in [0.05, 0.1) is 17.1 Å². The molecule has 245 valence electrons. The molecule has 3 aromatic rings. The van der Waals surface area contributed by atoms with Crippen molar-refractivity contribution in [3.8, 4) is 0 Å². The fourth-order valence-electron chi connectivity index (χ4n) is 4.80. The van der Waals surface area contributed by atoms with Gasteiger partial charge in [0, 0.05) is 49.6 Å². The van der Waals surface area contributed by atoms with E-state index < -0.39 is 6.29 Å². The zero-order valence-corrected chi connectivity index (χ0v) is 32.8. The summed E-state index contributed by atoms with van der Waals surface area (Å²) in [6.07, 6.45) is -0.402. The summed E-state index contributed by atoms with van der Waals surface area (Å²) in [6.45, 7) is 40.6. The average Bonchev–Trinajstić information content (AvgIpc) is 3.49. The van der Waals surface area contributed by atoms with Crippen LogP contribution in [0.4, 0.5) is 0 Å². The summed E-state index contributed by atoms with van der Waals surface area (Å²) in [6, 6.07) is 6.88. The molecule has 0 atom stereocenters. The molecule has 0 radical (unpaired) electrons. The van der Waals surface area contributed by atoms with Crippen LogP contribution < -0.4 is 0 Å². The normalized spacial score (nSPS) is 13.9. The van der Waals surface area contributed by atoms with Gasteiger partial charge in [0.15, 0.2) is 0 Å². The third-order valence-corrected chi connectivity index (χ3v) is 7.47. The van der Waals surface area contributed by atoms with Crippen molar-refractivity contribution in [3.63, 3.8) is 0 Å². The third-order valence-electron chi connectivity index (χ3n) is 7.47. The standard InChI is InChI=1S/C34H58N6.2ClH.Mn/c1-29(2,3)22-19-25(32(10,11)12)38(35-22)28(39-26(33(13,14)15)20-23(36-39)30(4,5)6)40-27(34(16,17)18)21-24(37-40)31(7,8)9;;;/h19-21,28H,1-18H3;2*1H;/q;;;+2/p-2. The van der Waals surface area contributed by atoms with E-state index in [1.165, 1.54) is 17.1 Å². The van der Waals surface area contributed by atoms with Crippen LogP contribution in [0.25, 0.3) is 0 Å². The first-order valence-corrected chi connectivity index (χ1v) is 18.5. The van der Waals surface area contributed by atoms with Crippen molar-refractivity contribution in [2.75, 3.05) is 0 Å². The molecule has 0 aliphatic rings. The Labute approximate surface area is 277 Å². The molecule has 0 fully saturated rings. The Morgan fingerprint density at radius 3 is 0.767 bits per heavy atom. The van der Waals surface area contributed by atoms with Crippen LogP contribution >= 0.6 is 20.2 Å². The van der Waals surface area contributed by atoms with E-state index in [9.17, 15) is 0 Å². The number of hydrogen-bond donors (Lipinski definition) is 0. The van der Waals surface area contributed by atoms with Gasteiger partial charge in [0.25, 0.3) is 0 Å². The Kier molecular flexibility index (Phi) is 11.0. The van der Waals surface area contributed by atoms with E-state index in [2.05, 4.69) is 157 Å². The second-order valence-corrected chi connectivity index (χ2v) is 19.9. The predicted octanol–water partition coefficient (Wildman–Crippen LogP) is 9.99. The van der Waals surface area contributed by atoms with Crippen LogP contribution in [0.3, 0.4) is 0 Å². The molecule has 0 aliphatic carbocycles. The van der Waals surface area contributed by atoms with E-state index in [1.54, 1.807) is 0 Å². The Morgan fingerprint density at radius 2 is 0.628 bits per heavy atom. The molecule has 0 bridgehead atoms. The van der Waals surface area contributed by atoms with Crippen molar-refractivity contribution in [1.29, 1.82) is 0 Å². The second-order valence-electron chi connectivity index (χ2n) is 18.0. The van der Waals surface area contributed by atoms with Gasteiger partial charge in [-0.1, -0.05) is 125 Å². The molecule has 0 unspecified atom stereocenters. The summed E-state index contributed by atoms with van der Waals surface area (Å²) in [5, 5.41) is 16.2. The van der Waals surface area contributed by atoms with Crippen LogP contribution in [0.1, 0.15) is 165 Å². The third kappa shape index (κ3) is 8.93. The summed E-state index contributed by atoms with van der Waals surface area (Å²) in [5.41, 5.74) is 6.00. The number of halogens is 2. The molecule has 3 heterocycles. The summed E-state index contributed by atoms with van der Waals surface area (Å²) in [5.74, 6) is 0. The van der Waals surface area contributed by atoms with E-state index >= 15 is 0 Å². The van der Waals surface area contributed by atoms with E-state index in [-0.39, 0.29) is 45.6 Å². The Morgan fingerprint density at radius 1 is 0.442 bits per heavy atom. The topological polar surface area (TPSA) is 53.5 Å². The van der Waals surface area contributed by atoms with Crippen LogP contribution in [0.2, 0.25) is 0 Å². The van der Waals surface area contributed by atoms with Crippen LogP contribution in [0, 0.1) is 0 Å². The molecular weight excluding hydrogens is 618 g/mol. The van der Waals surface area contributed by atoms with E-state index in [1.807, 2.05) is 0 Å². The molecule has 6 nitrogen and oxygen atoms in total. The summed E-state index contributed by atoms with van der Waals surface area (Å²) in [4.78, 5) is 0. The molecule has 3 aromatic heterocycles. The van der Waals surface area contributed by atoms with Crippen LogP contribution in [-0.2, 0) is 45.6 Å². The van der Waals surface area contributed by atoms with Crippen molar-refractivity contribution in [2.45, 2.75) is 163 Å². The van der Waals surface area contributed by atoms with Gasteiger partial charge in [-0.3, -0.25) is 0 Å². The SMILES string of the molecule is CC(C)(C)c1cc(C(C)(C)C)n(C(n2nc(C(C)(C)C)cc2C(C)(C)C)n2nc(C(C)(C)C)cc2C(C)(C)C)n1.[Cl][Mn][Cl]. The zero-order valence-electron chi connectivity index (χ0n) is 30.1. The Hall–Kier alpha value is -1.27. The first-order valence-electron chi connectivity index (χ1n) is 15.2. The molecule has 0 spiro atoms. The maximum absolute atomic E-state index is 5.39. The van der Waals surface area contributed by atoms with Crippen LogP contribution in [0.5, 0.6) is 0 Å². The average molecular weight is 677 g/mol. The molecule has 0 aromatic carbocycles. The van der Waals surface area contributed by atoms with Gasteiger partial charge in [0.1, 0.15) is 0 Å². The summed E-state index contributed by atoms with van der Waals surface area (Å²) < 4.78 is 6.64. The quantitative estimate of drug-likeness (QED) is 0.260. The van der Waals surface area contributed by atoms with Gasteiger partial charge in [-0.15, -0.1) is 0 Å². The monoisotopic (exact) mass is 675 g/mol. The fraction of sp³-hybridized carbons (Fsp3) is 0.735. The first-order chi connectivity index (χ1) is 19.0. The van der Waals surface area contributed by atoms with E-state index in [0.717, 1.165) is 17.1 Å². The molecule has 43 heavy (non-hydrogen) atoms. The first kappa shape index (κ1) is 37.9. The van der Waals surface area contributed by atoms with Gasteiger partial charge in [-0.25, -0.2) is 14.0 Å². The number of rotatable bonds is 3. The van der Waals surface area contributed by atoms with Gasteiger partial charge in [-0.2, -0.15) is 15.3 Å². The Balaban J connectivity index is 0.00000206. The maximum atomic E-state index is 5.39.